The zero-order chi connectivity index (χ0) is 14.7. The quantitative estimate of drug-likeness (QED) is 0.927. The van der Waals surface area contributed by atoms with Gasteiger partial charge in [-0.15, -0.1) is 0 Å². The van der Waals surface area contributed by atoms with Gasteiger partial charge in [-0.2, -0.15) is 0 Å². The van der Waals surface area contributed by atoms with Crippen molar-refractivity contribution in [3.05, 3.63) is 47.5 Å². The van der Waals surface area contributed by atoms with E-state index >= 15 is 0 Å². The maximum Gasteiger partial charge on any atom is 0.253 e. The first-order valence-corrected chi connectivity index (χ1v) is 6.69. The Labute approximate surface area is 118 Å². The smallest absolute Gasteiger partial charge is 0.253 e. The maximum absolute atomic E-state index is 12.3. The third kappa shape index (κ3) is 2.64. The minimum absolute atomic E-state index is 0.0240. The average molecular weight is 270 g/mol. The summed E-state index contributed by atoms with van der Waals surface area (Å²) in [4.78, 5) is 25.2. The van der Waals surface area contributed by atoms with E-state index < -0.39 is 5.91 Å². The lowest BCUT2D eigenvalue weighted by molar-refractivity contribution is 0.0773. The molecule has 0 radical (unpaired) electrons. The summed E-state index contributed by atoms with van der Waals surface area (Å²) < 4.78 is 0. The molecule has 2 rings (SSSR count). The number of rotatable bonds is 4. The van der Waals surface area contributed by atoms with E-state index in [-0.39, 0.29) is 5.91 Å². The third-order valence-electron chi connectivity index (χ3n) is 3.42. The lowest BCUT2D eigenvalue weighted by atomic mass is 10.0. The maximum atomic E-state index is 12.3. The SMILES string of the molecule is CCN(CC)C(=O)c1ccc2cc(C(N)=O)ccc2c1. The van der Waals surface area contributed by atoms with Crippen molar-refractivity contribution in [2.75, 3.05) is 13.1 Å². The zero-order valence-corrected chi connectivity index (χ0v) is 11.7. The molecule has 2 N–H and O–H groups in total. The van der Waals surface area contributed by atoms with Crippen molar-refractivity contribution in [2.24, 2.45) is 5.73 Å². The van der Waals surface area contributed by atoms with E-state index in [1.54, 1.807) is 23.1 Å². The number of nitrogens with two attached hydrogens (primary N) is 1. The normalized spacial score (nSPS) is 10.5. The molecule has 0 unspecified atom stereocenters. The van der Waals surface area contributed by atoms with Crippen LogP contribution >= 0.6 is 0 Å². The molecule has 0 spiro atoms. The molecule has 4 heteroatoms. The van der Waals surface area contributed by atoms with Crippen molar-refractivity contribution >= 4 is 22.6 Å². The van der Waals surface area contributed by atoms with Crippen LogP contribution in [0.5, 0.6) is 0 Å². The molecule has 0 saturated carbocycles. The highest BCUT2D eigenvalue weighted by Gasteiger charge is 2.12. The van der Waals surface area contributed by atoms with Gasteiger partial charge in [-0.3, -0.25) is 9.59 Å². The van der Waals surface area contributed by atoms with Crippen LogP contribution < -0.4 is 5.73 Å². The standard InChI is InChI=1S/C16H18N2O2/c1-3-18(4-2)16(20)14-8-6-11-9-13(15(17)19)7-5-12(11)10-14/h5-10H,3-4H2,1-2H3,(H2,17,19). The Bertz CT molecular complexity index is 661. The fraction of sp³-hybridized carbons (Fsp3) is 0.250. The Morgan fingerprint density at radius 2 is 1.45 bits per heavy atom. The van der Waals surface area contributed by atoms with Crippen LogP contribution in [0.15, 0.2) is 36.4 Å². The Kier molecular flexibility index (Phi) is 4.03. The first-order valence-electron chi connectivity index (χ1n) is 6.69. The second-order valence-electron chi connectivity index (χ2n) is 4.62. The van der Waals surface area contributed by atoms with E-state index in [9.17, 15) is 9.59 Å². The Hall–Kier alpha value is -2.36. The number of hydrogen-bond acceptors (Lipinski definition) is 2. The molecule has 0 heterocycles. The van der Waals surface area contributed by atoms with Gasteiger partial charge in [0.25, 0.3) is 5.91 Å². The highest BCUT2D eigenvalue weighted by atomic mass is 16.2. The summed E-state index contributed by atoms with van der Waals surface area (Å²) in [5, 5.41) is 1.82. The molecule has 0 aliphatic heterocycles. The predicted octanol–water partition coefficient (Wildman–Crippen LogP) is 2.42. The predicted molar refractivity (Wildman–Crippen MR) is 79.7 cm³/mol. The molecule has 2 amide bonds. The second-order valence-corrected chi connectivity index (χ2v) is 4.62. The van der Waals surface area contributed by atoms with Gasteiger partial charge in [-0.05, 0) is 48.9 Å². The van der Waals surface area contributed by atoms with E-state index in [4.69, 9.17) is 5.73 Å². The van der Waals surface area contributed by atoms with Crippen LogP contribution in [-0.4, -0.2) is 29.8 Å². The van der Waals surface area contributed by atoms with Crippen molar-refractivity contribution in [3.8, 4) is 0 Å². The zero-order valence-electron chi connectivity index (χ0n) is 11.7. The molecule has 0 aromatic heterocycles. The first kappa shape index (κ1) is 14.1. The van der Waals surface area contributed by atoms with Crippen LogP contribution in [0.2, 0.25) is 0 Å². The Morgan fingerprint density at radius 1 is 0.950 bits per heavy atom. The van der Waals surface area contributed by atoms with Crippen molar-refractivity contribution in [2.45, 2.75) is 13.8 Å². The van der Waals surface area contributed by atoms with Crippen molar-refractivity contribution in [3.63, 3.8) is 0 Å². The van der Waals surface area contributed by atoms with Crippen LogP contribution in [0.3, 0.4) is 0 Å². The van der Waals surface area contributed by atoms with Gasteiger partial charge in [0.1, 0.15) is 0 Å². The van der Waals surface area contributed by atoms with Crippen molar-refractivity contribution < 1.29 is 9.59 Å². The van der Waals surface area contributed by atoms with Crippen LogP contribution in [0.1, 0.15) is 34.6 Å². The monoisotopic (exact) mass is 270 g/mol. The number of primary amides is 1. The van der Waals surface area contributed by atoms with E-state index in [1.807, 2.05) is 32.0 Å². The Morgan fingerprint density at radius 3 is 1.95 bits per heavy atom. The number of carbonyl (C=O) groups excluding carboxylic acids is 2. The fourth-order valence-electron chi connectivity index (χ4n) is 2.23. The second kappa shape index (κ2) is 5.74. The van der Waals surface area contributed by atoms with Gasteiger partial charge < -0.3 is 10.6 Å². The lowest BCUT2D eigenvalue weighted by Crippen LogP contribution is -2.30. The lowest BCUT2D eigenvalue weighted by Gasteiger charge is -2.18. The number of amides is 2. The average Bonchev–Trinajstić information content (AvgIpc) is 2.47. The highest BCUT2D eigenvalue weighted by Crippen LogP contribution is 2.19. The molecule has 0 atom stereocenters. The van der Waals surface area contributed by atoms with E-state index in [0.717, 1.165) is 10.8 Å². The largest absolute Gasteiger partial charge is 0.366 e. The van der Waals surface area contributed by atoms with Gasteiger partial charge in [0.15, 0.2) is 0 Å². The summed E-state index contributed by atoms with van der Waals surface area (Å²) >= 11 is 0. The molecular formula is C16H18N2O2. The van der Waals surface area contributed by atoms with Gasteiger partial charge in [0, 0.05) is 24.2 Å². The first-order chi connectivity index (χ1) is 9.56. The van der Waals surface area contributed by atoms with Crippen LogP contribution in [-0.2, 0) is 0 Å². The van der Waals surface area contributed by atoms with Gasteiger partial charge >= 0.3 is 0 Å². The molecule has 2 aromatic carbocycles. The molecule has 0 aliphatic rings. The van der Waals surface area contributed by atoms with E-state index in [0.29, 0.717) is 24.2 Å². The van der Waals surface area contributed by atoms with E-state index in [2.05, 4.69) is 0 Å². The van der Waals surface area contributed by atoms with E-state index in [1.165, 1.54) is 0 Å². The molecule has 104 valence electrons. The topological polar surface area (TPSA) is 63.4 Å². The van der Waals surface area contributed by atoms with Crippen LogP contribution in [0.4, 0.5) is 0 Å². The summed E-state index contributed by atoms with van der Waals surface area (Å²) in [5.41, 5.74) is 6.39. The molecule has 0 bridgehead atoms. The summed E-state index contributed by atoms with van der Waals surface area (Å²) in [6.07, 6.45) is 0. The number of fused-ring (bicyclic) bond motifs is 1. The molecular weight excluding hydrogens is 252 g/mol. The number of benzene rings is 2. The summed E-state index contributed by atoms with van der Waals surface area (Å²) in [6, 6.07) is 10.7. The van der Waals surface area contributed by atoms with Crippen molar-refractivity contribution in [1.29, 1.82) is 0 Å². The number of carbonyl (C=O) groups is 2. The molecule has 20 heavy (non-hydrogen) atoms. The minimum atomic E-state index is -0.449. The molecule has 4 nitrogen and oxygen atoms in total. The Balaban J connectivity index is 2.42. The van der Waals surface area contributed by atoms with Gasteiger partial charge in [-0.1, -0.05) is 12.1 Å². The molecule has 0 aliphatic carbocycles. The number of nitrogens with zero attached hydrogens (tertiary/aromatic N) is 1. The summed E-state index contributed by atoms with van der Waals surface area (Å²) in [6.45, 7) is 5.30. The minimum Gasteiger partial charge on any atom is -0.366 e. The summed E-state index contributed by atoms with van der Waals surface area (Å²) in [7, 11) is 0. The van der Waals surface area contributed by atoms with Gasteiger partial charge in [-0.25, -0.2) is 0 Å². The third-order valence-corrected chi connectivity index (χ3v) is 3.42. The molecule has 0 fully saturated rings. The van der Waals surface area contributed by atoms with Gasteiger partial charge in [0.05, 0.1) is 0 Å². The van der Waals surface area contributed by atoms with Crippen molar-refractivity contribution in [1.82, 2.24) is 4.90 Å². The van der Waals surface area contributed by atoms with Gasteiger partial charge in [0.2, 0.25) is 5.91 Å². The number of hydrogen-bond donors (Lipinski definition) is 1. The summed E-state index contributed by atoms with van der Waals surface area (Å²) in [5.74, 6) is -0.425. The van der Waals surface area contributed by atoms with Crippen LogP contribution in [0, 0.1) is 0 Å². The van der Waals surface area contributed by atoms with Crippen LogP contribution in [0.25, 0.3) is 10.8 Å². The molecule has 2 aromatic rings. The highest BCUT2D eigenvalue weighted by molar-refractivity contribution is 6.01. The fourth-order valence-corrected chi connectivity index (χ4v) is 2.23. The molecule has 0 saturated heterocycles.